The maximum atomic E-state index is 14.5. The second-order valence-corrected chi connectivity index (χ2v) is 9.08. The van der Waals surface area contributed by atoms with Crippen LogP contribution >= 0.6 is 0 Å². The van der Waals surface area contributed by atoms with Crippen molar-refractivity contribution in [1.82, 2.24) is 20.4 Å². The molecule has 1 aromatic rings. The number of anilines is 1. The van der Waals surface area contributed by atoms with Crippen molar-refractivity contribution in [2.45, 2.75) is 19.0 Å². The molecule has 1 fully saturated rings. The van der Waals surface area contributed by atoms with Gasteiger partial charge in [0.05, 0.1) is 6.26 Å². The van der Waals surface area contributed by atoms with Gasteiger partial charge in [0.1, 0.15) is 23.4 Å². The van der Waals surface area contributed by atoms with Gasteiger partial charge in [-0.05, 0) is 43.2 Å². The molecular formula is C18H23FN6O2S. The Labute approximate surface area is 163 Å². The highest BCUT2D eigenvalue weighted by molar-refractivity contribution is 7.88. The van der Waals surface area contributed by atoms with Crippen LogP contribution in [0.4, 0.5) is 10.2 Å². The number of fused-ring (bicyclic) bond motifs is 1. The Hall–Kier alpha value is -2.46. The smallest absolute Gasteiger partial charge is 0.208 e. The molecule has 1 aromatic heterocycles. The number of hydrogen-bond acceptors (Lipinski definition) is 7. The van der Waals surface area contributed by atoms with Crippen LogP contribution in [0.2, 0.25) is 0 Å². The zero-order chi connectivity index (χ0) is 19.7. The molecule has 3 N–H and O–H groups in total. The van der Waals surface area contributed by atoms with E-state index in [4.69, 9.17) is 0 Å². The van der Waals surface area contributed by atoms with Crippen LogP contribution in [0.5, 0.6) is 0 Å². The lowest BCUT2D eigenvalue weighted by Gasteiger charge is -2.33. The Bertz CT molecular complexity index is 959. The minimum atomic E-state index is -3.21. The number of allylic oxidation sites excluding steroid dienone is 2. The molecule has 0 bridgehead atoms. The van der Waals surface area contributed by atoms with Crippen LogP contribution < -0.4 is 20.4 Å². The van der Waals surface area contributed by atoms with E-state index in [-0.39, 0.29) is 17.8 Å². The lowest BCUT2D eigenvalue weighted by Crippen LogP contribution is -2.41. The molecule has 4 rings (SSSR count). The van der Waals surface area contributed by atoms with E-state index in [1.54, 1.807) is 12.3 Å². The second-order valence-electron chi connectivity index (χ2n) is 7.25. The minimum absolute atomic E-state index is 0.175. The Morgan fingerprint density at radius 2 is 2.25 bits per heavy atom. The number of hydrogen-bond donors (Lipinski definition) is 3. The van der Waals surface area contributed by atoms with Crippen molar-refractivity contribution in [3.8, 4) is 0 Å². The first kappa shape index (κ1) is 18.9. The molecule has 10 heteroatoms. The molecule has 0 aliphatic carbocycles. The number of nitrogens with zero attached hydrogens (tertiary/aromatic N) is 3. The predicted octanol–water partition coefficient (Wildman–Crippen LogP) is 0.663. The molecule has 0 radical (unpaired) electrons. The highest BCUT2D eigenvalue weighted by atomic mass is 32.2. The monoisotopic (exact) mass is 406 g/mol. The van der Waals surface area contributed by atoms with E-state index in [2.05, 4.69) is 30.4 Å². The van der Waals surface area contributed by atoms with Crippen LogP contribution in [0, 0.1) is 11.7 Å². The van der Waals surface area contributed by atoms with Gasteiger partial charge < -0.3 is 10.2 Å². The Morgan fingerprint density at radius 1 is 1.39 bits per heavy atom. The summed E-state index contributed by atoms with van der Waals surface area (Å²) < 4.78 is 39.8. The van der Waals surface area contributed by atoms with E-state index in [1.807, 2.05) is 12.2 Å². The summed E-state index contributed by atoms with van der Waals surface area (Å²) in [6, 6.07) is 3.08. The van der Waals surface area contributed by atoms with Crippen LogP contribution in [0.25, 0.3) is 0 Å². The van der Waals surface area contributed by atoms with Crippen molar-refractivity contribution in [3.05, 3.63) is 47.6 Å². The summed E-state index contributed by atoms with van der Waals surface area (Å²) in [4.78, 5) is 6.64. The standard InChI is InChI=1S/C18H23FN6O2S/c1-28(26,27)21-10-12-4-3-9-25(11-12)15-7-6-14(19)17(22-15)16-13-5-2-8-20-18(13)24-23-16/h2,5-8,12,18,20-21,24H,3-4,9-11H2,1H3. The summed E-state index contributed by atoms with van der Waals surface area (Å²) in [7, 11) is -3.21. The van der Waals surface area contributed by atoms with Gasteiger partial charge in [-0.1, -0.05) is 6.08 Å². The molecule has 0 spiro atoms. The number of piperidine rings is 1. The largest absolute Gasteiger partial charge is 0.367 e. The van der Waals surface area contributed by atoms with Crippen LogP contribution in [-0.4, -0.2) is 51.2 Å². The number of nitrogens with one attached hydrogen (secondary N) is 3. The molecule has 3 aliphatic rings. The first-order chi connectivity index (χ1) is 13.4. The van der Waals surface area contributed by atoms with Gasteiger partial charge >= 0.3 is 0 Å². The van der Waals surface area contributed by atoms with Gasteiger partial charge in [-0.3, -0.25) is 5.43 Å². The summed E-state index contributed by atoms with van der Waals surface area (Å²) in [5, 5.41) is 7.39. The maximum Gasteiger partial charge on any atom is 0.208 e. The van der Waals surface area contributed by atoms with Gasteiger partial charge in [-0.2, -0.15) is 5.10 Å². The first-order valence-electron chi connectivity index (χ1n) is 9.23. The van der Waals surface area contributed by atoms with Crippen LogP contribution in [0.15, 0.2) is 41.2 Å². The van der Waals surface area contributed by atoms with Crippen LogP contribution in [0.1, 0.15) is 18.5 Å². The molecule has 0 amide bonds. The third-order valence-electron chi connectivity index (χ3n) is 5.06. The van der Waals surface area contributed by atoms with Crippen molar-refractivity contribution in [2.75, 3.05) is 30.8 Å². The number of pyridine rings is 1. The average molecular weight is 406 g/mol. The average Bonchev–Trinajstić information content (AvgIpc) is 3.10. The quantitative estimate of drug-likeness (QED) is 0.665. The van der Waals surface area contributed by atoms with Crippen molar-refractivity contribution < 1.29 is 12.8 Å². The third-order valence-corrected chi connectivity index (χ3v) is 5.75. The summed E-state index contributed by atoms with van der Waals surface area (Å²) in [5.74, 6) is 0.434. The van der Waals surface area contributed by atoms with E-state index in [9.17, 15) is 12.8 Å². The van der Waals surface area contributed by atoms with Gasteiger partial charge in [0.2, 0.25) is 10.0 Å². The number of dihydropyridines is 1. The summed E-state index contributed by atoms with van der Waals surface area (Å²) in [6.07, 6.45) is 8.39. The van der Waals surface area contributed by atoms with E-state index < -0.39 is 15.8 Å². The molecule has 150 valence electrons. The summed E-state index contributed by atoms with van der Waals surface area (Å²) in [5.41, 5.74) is 4.50. The number of rotatable bonds is 5. The molecule has 28 heavy (non-hydrogen) atoms. The zero-order valence-corrected chi connectivity index (χ0v) is 16.3. The lowest BCUT2D eigenvalue weighted by atomic mass is 9.98. The number of sulfonamides is 1. The minimum Gasteiger partial charge on any atom is -0.367 e. The van der Waals surface area contributed by atoms with Gasteiger partial charge in [0, 0.05) is 25.2 Å². The van der Waals surface area contributed by atoms with Crippen molar-refractivity contribution in [2.24, 2.45) is 11.0 Å². The van der Waals surface area contributed by atoms with E-state index >= 15 is 0 Å². The SMILES string of the molecule is CS(=O)(=O)NCC1CCCN(c2ccc(F)c(C3=NNC4NC=CC=C34)n2)C1. The lowest BCUT2D eigenvalue weighted by molar-refractivity contribution is 0.409. The highest BCUT2D eigenvalue weighted by Gasteiger charge is 2.30. The molecule has 1 saturated heterocycles. The van der Waals surface area contributed by atoms with Crippen molar-refractivity contribution in [3.63, 3.8) is 0 Å². The fraction of sp³-hybridized carbons (Fsp3) is 0.444. The molecule has 0 aromatic carbocycles. The maximum absolute atomic E-state index is 14.5. The fourth-order valence-corrected chi connectivity index (χ4v) is 4.22. The molecule has 2 unspecified atom stereocenters. The zero-order valence-electron chi connectivity index (χ0n) is 15.5. The van der Waals surface area contributed by atoms with Gasteiger partial charge in [0.15, 0.2) is 5.82 Å². The molecule has 8 nitrogen and oxygen atoms in total. The number of aromatic nitrogens is 1. The van der Waals surface area contributed by atoms with E-state index in [0.29, 0.717) is 24.6 Å². The van der Waals surface area contributed by atoms with Gasteiger partial charge in [0.25, 0.3) is 0 Å². The van der Waals surface area contributed by atoms with Crippen molar-refractivity contribution in [1.29, 1.82) is 0 Å². The predicted molar refractivity (Wildman–Crippen MR) is 106 cm³/mol. The topological polar surface area (TPSA) is 98.7 Å². The second kappa shape index (κ2) is 7.51. The van der Waals surface area contributed by atoms with Crippen molar-refractivity contribution >= 4 is 21.6 Å². The van der Waals surface area contributed by atoms with E-state index in [1.165, 1.54) is 6.07 Å². The Balaban J connectivity index is 1.54. The molecule has 4 heterocycles. The Kier molecular flexibility index (Phi) is 5.07. The molecular weight excluding hydrogens is 383 g/mol. The normalized spacial score (nSPS) is 24.1. The summed E-state index contributed by atoms with van der Waals surface area (Å²) in [6.45, 7) is 1.86. The summed E-state index contributed by atoms with van der Waals surface area (Å²) >= 11 is 0. The third kappa shape index (κ3) is 4.02. The van der Waals surface area contributed by atoms with Crippen LogP contribution in [0.3, 0.4) is 0 Å². The highest BCUT2D eigenvalue weighted by Crippen LogP contribution is 2.25. The van der Waals surface area contributed by atoms with Gasteiger partial charge in [-0.25, -0.2) is 22.5 Å². The fourth-order valence-electron chi connectivity index (χ4n) is 3.68. The van der Waals surface area contributed by atoms with E-state index in [0.717, 1.165) is 31.2 Å². The first-order valence-corrected chi connectivity index (χ1v) is 11.1. The molecule has 0 saturated carbocycles. The molecule has 2 atom stereocenters. The van der Waals surface area contributed by atoms with Crippen LogP contribution in [-0.2, 0) is 10.0 Å². The number of halogens is 1. The number of hydrazone groups is 1. The Morgan fingerprint density at radius 3 is 3.07 bits per heavy atom. The molecule has 3 aliphatic heterocycles. The van der Waals surface area contributed by atoms with Gasteiger partial charge in [-0.15, -0.1) is 0 Å².